The Morgan fingerprint density at radius 3 is 2.52 bits per heavy atom. The number of hydrogen-bond donors (Lipinski definition) is 4. The number of pyridine rings is 1. The maximum absolute atomic E-state index is 15.3. The number of anilines is 2. The zero-order valence-corrected chi connectivity index (χ0v) is 28.4. The number of esters is 1. The molecule has 274 valence electrons. The van der Waals surface area contributed by atoms with Gasteiger partial charge in [-0.15, -0.1) is 0 Å². The molecule has 5 rings (SSSR count). The second-order valence-electron chi connectivity index (χ2n) is 11.6. The highest BCUT2D eigenvalue weighted by Gasteiger charge is 2.22. The van der Waals surface area contributed by atoms with Gasteiger partial charge in [0, 0.05) is 41.0 Å². The van der Waals surface area contributed by atoms with Crippen molar-refractivity contribution in [3.63, 3.8) is 0 Å². The highest BCUT2D eigenvalue weighted by Crippen LogP contribution is 2.32. The lowest BCUT2D eigenvalue weighted by Gasteiger charge is -2.17. The Balaban J connectivity index is 1.24. The van der Waals surface area contributed by atoms with Gasteiger partial charge in [0.15, 0.2) is 17.4 Å². The molecule has 0 radical (unpaired) electrons. The molecule has 2 aromatic carbocycles. The molecule has 5 aromatic rings. The number of rotatable bonds is 17. The molecule has 0 fully saturated rings. The summed E-state index contributed by atoms with van der Waals surface area (Å²) in [6.07, 6.45) is 4.57. The lowest BCUT2D eigenvalue weighted by Crippen LogP contribution is -2.47. The summed E-state index contributed by atoms with van der Waals surface area (Å²) in [6, 6.07) is 10.1. The second-order valence-corrected chi connectivity index (χ2v) is 11.6. The van der Waals surface area contributed by atoms with Crippen LogP contribution in [0.1, 0.15) is 31.7 Å². The summed E-state index contributed by atoms with van der Waals surface area (Å²) >= 11 is 0. The van der Waals surface area contributed by atoms with Crippen LogP contribution in [0.2, 0.25) is 0 Å². The number of nitrogens with zero attached hydrogens (tertiary/aromatic N) is 5. The fourth-order valence-electron chi connectivity index (χ4n) is 5.16. The largest absolute Gasteiger partial charge is 0.491 e. The number of unbranched alkanes of at least 4 members (excludes halogenated alkanes) is 1. The summed E-state index contributed by atoms with van der Waals surface area (Å²) in [5, 5.41) is 10.7. The summed E-state index contributed by atoms with van der Waals surface area (Å²) in [4.78, 5) is 37.0. The number of halogens is 3. The first-order chi connectivity index (χ1) is 25.1. The van der Waals surface area contributed by atoms with Gasteiger partial charge in [-0.1, -0.05) is 24.6 Å². The fourth-order valence-corrected chi connectivity index (χ4v) is 5.16. The van der Waals surface area contributed by atoms with Gasteiger partial charge in [0.2, 0.25) is 11.9 Å². The van der Waals surface area contributed by atoms with E-state index in [2.05, 4.69) is 30.7 Å². The molecule has 14 nitrogen and oxygen atoms in total. The smallest absolute Gasteiger partial charge is 0.328 e. The van der Waals surface area contributed by atoms with Crippen LogP contribution in [-0.2, 0) is 20.9 Å². The molecular weight excluding hydrogens is 683 g/mol. The highest BCUT2D eigenvalue weighted by atomic mass is 19.1. The number of nitrogens with two attached hydrogens (primary N) is 2. The maximum atomic E-state index is 15.3. The van der Waals surface area contributed by atoms with E-state index in [1.54, 1.807) is 30.3 Å². The molecule has 2 atom stereocenters. The molecule has 0 unspecified atom stereocenters. The predicted molar refractivity (Wildman–Crippen MR) is 185 cm³/mol. The summed E-state index contributed by atoms with van der Waals surface area (Å²) < 4.78 is 61.8. The molecule has 0 spiro atoms. The third-order valence-corrected chi connectivity index (χ3v) is 7.87. The van der Waals surface area contributed by atoms with E-state index >= 15 is 8.78 Å². The number of carbonyl (C=O) groups is 2. The number of amides is 1. The van der Waals surface area contributed by atoms with Crippen LogP contribution in [0, 0.1) is 17.6 Å². The quantitative estimate of drug-likeness (QED) is 0.0614. The Bertz CT molecular complexity index is 2010. The van der Waals surface area contributed by atoms with Crippen molar-refractivity contribution in [1.29, 1.82) is 0 Å². The molecule has 3 heterocycles. The van der Waals surface area contributed by atoms with Crippen molar-refractivity contribution in [2.24, 2.45) is 11.5 Å². The molecule has 52 heavy (non-hydrogen) atoms. The number of methoxy groups -OCH3 is 1. The zero-order valence-electron chi connectivity index (χ0n) is 28.4. The number of carbonyl (C=O) groups excluding carboxylic acids is 2. The molecule has 0 aliphatic carbocycles. The van der Waals surface area contributed by atoms with Crippen molar-refractivity contribution in [1.82, 2.24) is 30.0 Å². The van der Waals surface area contributed by atoms with Gasteiger partial charge < -0.3 is 36.3 Å². The van der Waals surface area contributed by atoms with E-state index in [1.807, 2.05) is 0 Å². The van der Waals surface area contributed by atoms with Crippen molar-refractivity contribution < 1.29 is 37.0 Å². The number of ether oxygens (including phenoxy) is 3. The molecule has 3 aromatic heterocycles. The lowest BCUT2D eigenvalue weighted by molar-refractivity contribution is -0.148. The lowest BCUT2D eigenvalue weighted by atomic mass is 10.1. The van der Waals surface area contributed by atoms with Crippen LogP contribution in [0.4, 0.5) is 24.7 Å². The van der Waals surface area contributed by atoms with Crippen molar-refractivity contribution in [2.45, 2.75) is 44.8 Å². The predicted octanol–water partition coefficient (Wildman–Crippen LogP) is 3.99. The van der Waals surface area contributed by atoms with E-state index in [4.69, 9.17) is 25.7 Å². The van der Waals surface area contributed by atoms with Gasteiger partial charge in [-0.25, -0.2) is 28.5 Å². The van der Waals surface area contributed by atoms with Gasteiger partial charge in [-0.2, -0.15) is 9.49 Å². The molecule has 0 saturated carbocycles. The Kier molecular flexibility index (Phi) is 12.5. The minimum Gasteiger partial charge on any atom is -0.491 e. The van der Waals surface area contributed by atoms with Crippen LogP contribution in [0.3, 0.4) is 0 Å². The number of nitrogens with one attached hydrogen (secondary N) is 2. The molecule has 6 N–H and O–H groups in total. The van der Waals surface area contributed by atoms with Crippen LogP contribution < -0.4 is 31.6 Å². The number of aromatic nitrogens is 5. The van der Waals surface area contributed by atoms with Crippen molar-refractivity contribution in [3.05, 3.63) is 84.1 Å². The van der Waals surface area contributed by atoms with Crippen LogP contribution in [0.15, 0.2) is 60.9 Å². The third kappa shape index (κ3) is 9.29. The standard InChI is InChI=1S/C35H38F3N9O5/c1-20(43-34(48)27(40)8-5-6-11-39)35(49)52-14-13-51-22-16-25(36)24(26(37)17-22)19-47-28-9-4-3-7-23(28)31(46-47)33-42-18-29(50-2)32(45-33)44-21-10-12-41-30(38)15-21/h3-4,7,9-10,12,15-18,20,27H,5-6,8,11,13-14,19,39-40H2,1-2H3,(H,43,48)(H,41,42,44,45)/t20-,27+/m0/s1. The minimum absolute atomic E-state index is 0.119. The van der Waals surface area contributed by atoms with Gasteiger partial charge in [0.25, 0.3) is 0 Å². The zero-order chi connectivity index (χ0) is 37.2. The molecule has 0 aliphatic rings. The Morgan fingerprint density at radius 1 is 1.02 bits per heavy atom. The molecule has 17 heteroatoms. The van der Waals surface area contributed by atoms with E-state index in [0.29, 0.717) is 41.7 Å². The normalized spacial score (nSPS) is 12.3. The average molecular weight is 722 g/mol. The number of benzene rings is 2. The third-order valence-electron chi connectivity index (χ3n) is 7.87. The van der Waals surface area contributed by atoms with E-state index in [1.165, 1.54) is 37.2 Å². The first-order valence-electron chi connectivity index (χ1n) is 16.4. The van der Waals surface area contributed by atoms with Crippen LogP contribution in [-0.4, -0.2) is 75.6 Å². The Hall–Kier alpha value is -5.81. The van der Waals surface area contributed by atoms with Crippen molar-refractivity contribution >= 4 is 34.3 Å². The van der Waals surface area contributed by atoms with E-state index in [0.717, 1.165) is 18.6 Å². The van der Waals surface area contributed by atoms with Gasteiger partial charge in [0.05, 0.1) is 31.4 Å². The van der Waals surface area contributed by atoms with Crippen LogP contribution >= 0.6 is 0 Å². The average Bonchev–Trinajstić information content (AvgIpc) is 3.49. The number of hydrogen-bond acceptors (Lipinski definition) is 12. The van der Waals surface area contributed by atoms with Gasteiger partial charge in [-0.3, -0.25) is 9.48 Å². The van der Waals surface area contributed by atoms with Crippen molar-refractivity contribution in [2.75, 3.05) is 32.2 Å². The highest BCUT2D eigenvalue weighted by molar-refractivity contribution is 5.92. The topological polar surface area (TPSA) is 194 Å². The molecule has 1 amide bonds. The fraction of sp³-hybridized carbons (Fsp3) is 0.314. The van der Waals surface area contributed by atoms with Crippen molar-refractivity contribution in [3.8, 4) is 23.0 Å². The van der Waals surface area contributed by atoms with Gasteiger partial charge in [-0.05, 0) is 38.4 Å². The van der Waals surface area contributed by atoms with E-state index in [9.17, 15) is 14.0 Å². The first kappa shape index (κ1) is 37.4. The molecule has 0 saturated heterocycles. The SMILES string of the molecule is COc1cnc(-c2nn(Cc3c(F)cc(OCCOC(=O)[C@H](C)NC(=O)[C@H](N)CCCCN)cc3F)c3ccccc23)nc1Nc1ccnc(F)c1. The molecule has 0 bridgehead atoms. The van der Waals surface area contributed by atoms with Crippen LogP contribution in [0.5, 0.6) is 11.5 Å². The second kappa shape index (κ2) is 17.4. The summed E-state index contributed by atoms with van der Waals surface area (Å²) in [7, 11) is 1.43. The monoisotopic (exact) mass is 721 g/mol. The molecule has 0 aliphatic heterocycles. The Morgan fingerprint density at radius 2 is 1.79 bits per heavy atom. The van der Waals surface area contributed by atoms with E-state index in [-0.39, 0.29) is 48.5 Å². The van der Waals surface area contributed by atoms with Crippen LogP contribution in [0.25, 0.3) is 22.4 Å². The van der Waals surface area contributed by atoms with Gasteiger partial charge in [0.1, 0.15) is 42.3 Å². The van der Waals surface area contributed by atoms with E-state index < -0.39 is 41.5 Å². The first-order valence-corrected chi connectivity index (χ1v) is 16.4. The Labute approximate surface area is 296 Å². The summed E-state index contributed by atoms with van der Waals surface area (Å²) in [6.45, 7) is 1.22. The summed E-state index contributed by atoms with van der Waals surface area (Å²) in [5.41, 5.74) is 12.3. The van der Waals surface area contributed by atoms with Gasteiger partial charge >= 0.3 is 5.97 Å². The maximum Gasteiger partial charge on any atom is 0.328 e. The molecular formula is C35H38F3N9O5. The number of fused-ring (bicyclic) bond motifs is 1. The summed E-state index contributed by atoms with van der Waals surface area (Å²) in [5.74, 6) is -3.09. The minimum atomic E-state index is -0.964. The number of para-hydroxylation sites is 1.